The maximum atomic E-state index is 13.2. The van der Waals surface area contributed by atoms with Gasteiger partial charge in [-0.25, -0.2) is 13.9 Å². The van der Waals surface area contributed by atoms with Crippen LogP contribution >= 0.6 is 0 Å². The van der Waals surface area contributed by atoms with Crippen LogP contribution in [-0.4, -0.2) is 20.5 Å². The molecule has 0 unspecified atom stereocenters. The SMILES string of the molecule is O=C(NCc1ccccc1)c1cnn2c(-c3ccc(F)cc3)ccnc12. The summed E-state index contributed by atoms with van der Waals surface area (Å²) in [5, 5.41) is 7.17. The molecule has 0 aliphatic heterocycles. The molecule has 2 aromatic carbocycles. The van der Waals surface area contributed by atoms with Crippen molar-refractivity contribution < 1.29 is 9.18 Å². The fraction of sp³-hybridized carbons (Fsp3) is 0.0500. The summed E-state index contributed by atoms with van der Waals surface area (Å²) < 4.78 is 14.8. The van der Waals surface area contributed by atoms with Crippen molar-refractivity contribution in [2.75, 3.05) is 0 Å². The van der Waals surface area contributed by atoms with Crippen LogP contribution in [0.1, 0.15) is 15.9 Å². The first-order valence-corrected chi connectivity index (χ1v) is 8.13. The minimum atomic E-state index is -0.305. The van der Waals surface area contributed by atoms with E-state index in [4.69, 9.17) is 0 Å². The molecule has 0 radical (unpaired) electrons. The van der Waals surface area contributed by atoms with Crippen LogP contribution in [0.25, 0.3) is 16.9 Å². The van der Waals surface area contributed by atoms with Crippen LogP contribution in [0, 0.1) is 5.82 Å². The molecular weight excluding hydrogens is 331 g/mol. The van der Waals surface area contributed by atoms with Crippen LogP contribution in [0.5, 0.6) is 0 Å². The van der Waals surface area contributed by atoms with E-state index in [2.05, 4.69) is 15.4 Å². The van der Waals surface area contributed by atoms with E-state index in [1.807, 2.05) is 30.3 Å². The first-order valence-electron chi connectivity index (χ1n) is 8.13. The van der Waals surface area contributed by atoms with Crippen molar-refractivity contribution in [1.82, 2.24) is 19.9 Å². The summed E-state index contributed by atoms with van der Waals surface area (Å²) in [6.45, 7) is 0.425. The van der Waals surface area contributed by atoms with Gasteiger partial charge in [-0.2, -0.15) is 5.10 Å². The van der Waals surface area contributed by atoms with Crippen molar-refractivity contribution in [2.45, 2.75) is 6.54 Å². The number of nitrogens with one attached hydrogen (secondary N) is 1. The standard InChI is InChI=1S/C20H15FN4O/c21-16-8-6-15(7-9-16)18-10-11-22-19-17(13-24-25(18)19)20(26)23-12-14-4-2-1-3-5-14/h1-11,13H,12H2,(H,23,26). The van der Waals surface area contributed by atoms with Gasteiger partial charge in [0.05, 0.1) is 11.9 Å². The summed E-state index contributed by atoms with van der Waals surface area (Å²) in [7, 11) is 0. The number of aromatic nitrogens is 3. The molecule has 0 spiro atoms. The average molecular weight is 346 g/mol. The lowest BCUT2D eigenvalue weighted by molar-refractivity contribution is 0.0952. The Balaban J connectivity index is 1.64. The molecule has 0 fully saturated rings. The molecule has 2 aromatic heterocycles. The zero-order chi connectivity index (χ0) is 17.9. The summed E-state index contributed by atoms with van der Waals surface area (Å²) in [5.41, 5.74) is 3.38. The van der Waals surface area contributed by atoms with E-state index in [0.717, 1.165) is 16.8 Å². The van der Waals surface area contributed by atoms with Crippen molar-refractivity contribution in [2.24, 2.45) is 0 Å². The first kappa shape index (κ1) is 16.0. The maximum Gasteiger partial charge on any atom is 0.257 e. The second-order valence-corrected chi connectivity index (χ2v) is 5.80. The Morgan fingerprint density at radius 2 is 1.81 bits per heavy atom. The van der Waals surface area contributed by atoms with Crippen molar-refractivity contribution in [3.05, 3.63) is 90.0 Å². The number of amides is 1. The molecule has 0 saturated carbocycles. The lowest BCUT2D eigenvalue weighted by atomic mass is 10.1. The molecule has 5 nitrogen and oxygen atoms in total. The number of rotatable bonds is 4. The van der Waals surface area contributed by atoms with E-state index in [1.54, 1.807) is 28.9 Å². The molecule has 6 heteroatoms. The topological polar surface area (TPSA) is 59.3 Å². The Morgan fingerprint density at radius 1 is 1.04 bits per heavy atom. The Hall–Kier alpha value is -3.54. The summed E-state index contributed by atoms with van der Waals surface area (Å²) in [6.07, 6.45) is 3.11. The molecule has 0 saturated heterocycles. The Morgan fingerprint density at radius 3 is 2.58 bits per heavy atom. The van der Waals surface area contributed by atoms with Gasteiger partial charge in [0.1, 0.15) is 11.4 Å². The van der Waals surface area contributed by atoms with E-state index >= 15 is 0 Å². The third-order valence-corrected chi connectivity index (χ3v) is 4.08. The molecule has 2 heterocycles. The van der Waals surface area contributed by atoms with Crippen LogP contribution in [0.15, 0.2) is 73.1 Å². The summed E-state index contributed by atoms with van der Waals surface area (Å²) in [5.74, 6) is -0.548. The van der Waals surface area contributed by atoms with Gasteiger partial charge in [0, 0.05) is 18.3 Å². The van der Waals surface area contributed by atoms with Gasteiger partial charge in [-0.15, -0.1) is 0 Å². The van der Waals surface area contributed by atoms with Crippen molar-refractivity contribution in [3.63, 3.8) is 0 Å². The quantitative estimate of drug-likeness (QED) is 0.616. The van der Waals surface area contributed by atoms with Crippen LogP contribution in [-0.2, 0) is 6.54 Å². The van der Waals surface area contributed by atoms with Gasteiger partial charge < -0.3 is 5.32 Å². The molecule has 128 valence electrons. The van der Waals surface area contributed by atoms with Gasteiger partial charge in [0.15, 0.2) is 5.65 Å². The van der Waals surface area contributed by atoms with Crippen molar-refractivity contribution >= 4 is 11.6 Å². The lowest BCUT2D eigenvalue weighted by Gasteiger charge is -2.06. The number of hydrogen-bond donors (Lipinski definition) is 1. The highest BCUT2D eigenvalue weighted by Gasteiger charge is 2.16. The predicted molar refractivity (Wildman–Crippen MR) is 96.0 cm³/mol. The lowest BCUT2D eigenvalue weighted by Crippen LogP contribution is -2.22. The first-order chi connectivity index (χ1) is 12.7. The largest absolute Gasteiger partial charge is 0.348 e. The number of carbonyl (C=O) groups excluding carboxylic acids is 1. The molecule has 0 bridgehead atoms. The number of hydrogen-bond acceptors (Lipinski definition) is 3. The number of carbonyl (C=O) groups is 1. The van der Waals surface area contributed by atoms with Crippen molar-refractivity contribution in [3.8, 4) is 11.3 Å². The van der Waals surface area contributed by atoms with E-state index in [1.165, 1.54) is 18.3 Å². The zero-order valence-corrected chi connectivity index (χ0v) is 13.8. The third kappa shape index (κ3) is 3.04. The number of nitrogens with zero attached hydrogens (tertiary/aromatic N) is 3. The van der Waals surface area contributed by atoms with Crippen LogP contribution in [0.4, 0.5) is 4.39 Å². The van der Waals surface area contributed by atoms with Crippen LogP contribution in [0.3, 0.4) is 0 Å². The molecule has 4 rings (SSSR count). The number of fused-ring (bicyclic) bond motifs is 1. The zero-order valence-electron chi connectivity index (χ0n) is 13.8. The Kier molecular flexibility index (Phi) is 4.15. The second kappa shape index (κ2) is 6.76. The average Bonchev–Trinajstić information content (AvgIpc) is 3.12. The van der Waals surface area contributed by atoms with Gasteiger partial charge in [0.25, 0.3) is 5.91 Å². The molecule has 4 aromatic rings. The summed E-state index contributed by atoms with van der Waals surface area (Å²) in [4.78, 5) is 16.8. The normalized spacial score (nSPS) is 10.8. The van der Waals surface area contributed by atoms with Crippen LogP contribution < -0.4 is 5.32 Å². The minimum absolute atomic E-state index is 0.243. The highest BCUT2D eigenvalue weighted by molar-refractivity contribution is 5.99. The number of benzene rings is 2. The second-order valence-electron chi connectivity index (χ2n) is 5.80. The molecule has 26 heavy (non-hydrogen) atoms. The fourth-order valence-corrected chi connectivity index (χ4v) is 2.76. The van der Waals surface area contributed by atoms with Gasteiger partial charge >= 0.3 is 0 Å². The molecule has 1 amide bonds. The van der Waals surface area contributed by atoms with Gasteiger partial charge in [0.2, 0.25) is 0 Å². The minimum Gasteiger partial charge on any atom is -0.348 e. The Labute approximate surface area is 149 Å². The van der Waals surface area contributed by atoms with E-state index in [-0.39, 0.29) is 11.7 Å². The Bertz CT molecular complexity index is 1060. The highest BCUT2D eigenvalue weighted by Crippen LogP contribution is 2.21. The molecular formula is C20H15FN4O. The van der Waals surface area contributed by atoms with E-state index in [0.29, 0.717) is 17.8 Å². The predicted octanol–water partition coefficient (Wildman–Crippen LogP) is 3.47. The maximum absolute atomic E-state index is 13.2. The molecule has 0 atom stereocenters. The highest BCUT2D eigenvalue weighted by atomic mass is 19.1. The molecule has 0 aliphatic rings. The van der Waals surface area contributed by atoms with Gasteiger partial charge in [-0.05, 0) is 35.9 Å². The van der Waals surface area contributed by atoms with E-state index < -0.39 is 0 Å². The third-order valence-electron chi connectivity index (χ3n) is 4.08. The number of halogens is 1. The van der Waals surface area contributed by atoms with Crippen molar-refractivity contribution in [1.29, 1.82) is 0 Å². The summed E-state index contributed by atoms with van der Waals surface area (Å²) in [6, 6.07) is 17.6. The molecule has 1 N–H and O–H groups in total. The van der Waals surface area contributed by atoms with E-state index in [9.17, 15) is 9.18 Å². The molecule has 0 aliphatic carbocycles. The van der Waals surface area contributed by atoms with Gasteiger partial charge in [-0.3, -0.25) is 4.79 Å². The monoisotopic (exact) mass is 346 g/mol. The van der Waals surface area contributed by atoms with Gasteiger partial charge in [-0.1, -0.05) is 30.3 Å². The van der Waals surface area contributed by atoms with Crippen LogP contribution in [0.2, 0.25) is 0 Å². The fourth-order valence-electron chi connectivity index (χ4n) is 2.76. The summed E-state index contributed by atoms with van der Waals surface area (Å²) >= 11 is 0. The smallest absolute Gasteiger partial charge is 0.257 e.